The molecule has 1 heterocycles. The molecule has 116 valence electrons. The summed E-state index contributed by atoms with van der Waals surface area (Å²) in [4.78, 5) is 14.0. The highest BCUT2D eigenvalue weighted by Gasteiger charge is 2.24. The molecule has 1 aliphatic heterocycles. The summed E-state index contributed by atoms with van der Waals surface area (Å²) in [6, 6.07) is 3.25. The molecule has 1 unspecified atom stereocenters. The first-order valence-electron chi connectivity index (χ1n) is 7.20. The van der Waals surface area contributed by atoms with Gasteiger partial charge in [-0.3, -0.25) is 9.69 Å². The zero-order valence-corrected chi connectivity index (χ0v) is 11.8. The van der Waals surface area contributed by atoms with Crippen molar-refractivity contribution in [1.82, 2.24) is 4.90 Å². The minimum atomic E-state index is -0.783. The van der Waals surface area contributed by atoms with Crippen molar-refractivity contribution in [3.63, 3.8) is 0 Å². The van der Waals surface area contributed by atoms with E-state index in [1.54, 1.807) is 0 Å². The number of carbonyl (C=O) groups is 1. The van der Waals surface area contributed by atoms with Crippen LogP contribution in [0, 0.1) is 11.6 Å². The first-order chi connectivity index (χ1) is 10.1. The number of anilines is 1. The Bertz CT molecular complexity index is 495. The molecule has 0 spiro atoms. The Balaban J connectivity index is 1.93. The lowest BCUT2D eigenvalue weighted by Crippen LogP contribution is -2.44. The maximum Gasteiger partial charge on any atom is 0.238 e. The fourth-order valence-electron chi connectivity index (χ4n) is 2.71. The molecule has 0 aromatic heterocycles. The molecule has 1 aromatic rings. The molecule has 1 atom stereocenters. The number of likely N-dealkylation sites (tertiary alicyclic amines) is 1. The van der Waals surface area contributed by atoms with E-state index in [1.165, 1.54) is 6.07 Å². The number of amides is 1. The standard InChI is InChI=1S/C15H20F2N2O2/c16-11-4-5-14(13(17)9-11)18-15(21)10-19-7-2-1-3-12(19)6-8-20/h4-5,9,12,20H,1-3,6-8,10H2,(H,18,21). The first kappa shape index (κ1) is 15.9. The molecule has 1 saturated heterocycles. The number of hydrogen-bond donors (Lipinski definition) is 2. The van der Waals surface area contributed by atoms with Gasteiger partial charge in [-0.25, -0.2) is 8.78 Å². The Morgan fingerprint density at radius 3 is 2.90 bits per heavy atom. The second-order valence-corrected chi connectivity index (χ2v) is 5.30. The van der Waals surface area contributed by atoms with Gasteiger partial charge in [-0.1, -0.05) is 6.42 Å². The number of nitrogens with zero attached hydrogens (tertiary/aromatic N) is 1. The zero-order valence-electron chi connectivity index (χ0n) is 11.8. The molecule has 0 radical (unpaired) electrons. The molecule has 0 aliphatic carbocycles. The maximum atomic E-state index is 13.5. The highest BCUT2D eigenvalue weighted by atomic mass is 19.1. The predicted octanol–water partition coefficient (Wildman–Crippen LogP) is 2.14. The van der Waals surface area contributed by atoms with E-state index < -0.39 is 11.6 Å². The Hall–Kier alpha value is -1.53. The van der Waals surface area contributed by atoms with Crippen LogP contribution >= 0.6 is 0 Å². The topological polar surface area (TPSA) is 52.6 Å². The Morgan fingerprint density at radius 2 is 2.19 bits per heavy atom. The van der Waals surface area contributed by atoms with E-state index in [1.807, 2.05) is 4.90 Å². The van der Waals surface area contributed by atoms with Crippen molar-refractivity contribution in [2.75, 3.05) is 25.0 Å². The van der Waals surface area contributed by atoms with Crippen LogP contribution in [0.3, 0.4) is 0 Å². The summed E-state index contributed by atoms with van der Waals surface area (Å²) in [5.74, 6) is -1.79. The summed E-state index contributed by atoms with van der Waals surface area (Å²) in [6.45, 7) is 1.04. The lowest BCUT2D eigenvalue weighted by atomic mass is 10.00. The van der Waals surface area contributed by atoms with Crippen LogP contribution in [0.15, 0.2) is 18.2 Å². The lowest BCUT2D eigenvalue weighted by Gasteiger charge is -2.34. The first-order valence-corrected chi connectivity index (χ1v) is 7.20. The fraction of sp³-hybridized carbons (Fsp3) is 0.533. The zero-order chi connectivity index (χ0) is 15.2. The smallest absolute Gasteiger partial charge is 0.238 e. The van der Waals surface area contributed by atoms with Crippen molar-refractivity contribution in [1.29, 1.82) is 0 Å². The van der Waals surface area contributed by atoms with Gasteiger partial charge in [0.25, 0.3) is 0 Å². The molecule has 21 heavy (non-hydrogen) atoms. The second-order valence-electron chi connectivity index (χ2n) is 5.30. The van der Waals surface area contributed by atoms with Gasteiger partial charge in [0, 0.05) is 18.7 Å². The summed E-state index contributed by atoms with van der Waals surface area (Å²) >= 11 is 0. The number of rotatable bonds is 5. The fourth-order valence-corrected chi connectivity index (χ4v) is 2.71. The van der Waals surface area contributed by atoms with E-state index in [0.717, 1.165) is 37.9 Å². The molecular formula is C15H20F2N2O2. The van der Waals surface area contributed by atoms with E-state index in [9.17, 15) is 13.6 Å². The summed E-state index contributed by atoms with van der Waals surface area (Å²) in [7, 11) is 0. The number of nitrogens with one attached hydrogen (secondary N) is 1. The molecule has 2 rings (SSSR count). The van der Waals surface area contributed by atoms with Crippen LogP contribution in [-0.4, -0.2) is 41.7 Å². The van der Waals surface area contributed by atoms with Gasteiger partial charge in [0.2, 0.25) is 5.91 Å². The van der Waals surface area contributed by atoms with Gasteiger partial charge < -0.3 is 10.4 Å². The SMILES string of the molecule is O=C(CN1CCCCC1CCO)Nc1ccc(F)cc1F. The van der Waals surface area contributed by atoms with Crippen LogP contribution in [0.2, 0.25) is 0 Å². The third-order valence-electron chi connectivity index (χ3n) is 3.76. The Morgan fingerprint density at radius 1 is 1.38 bits per heavy atom. The average molecular weight is 298 g/mol. The van der Waals surface area contributed by atoms with Gasteiger partial charge in [0.1, 0.15) is 11.6 Å². The monoisotopic (exact) mass is 298 g/mol. The van der Waals surface area contributed by atoms with E-state index in [2.05, 4.69) is 5.32 Å². The summed E-state index contributed by atoms with van der Waals surface area (Å²) in [5.41, 5.74) is -0.0166. The van der Waals surface area contributed by atoms with Gasteiger partial charge in [-0.15, -0.1) is 0 Å². The third kappa shape index (κ3) is 4.47. The van der Waals surface area contributed by atoms with Crippen LogP contribution < -0.4 is 5.32 Å². The second kappa shape index (κ2) is 7.47. The van der Waals surface area contributed by atoms with E-state index in [4.69, 9.17) is 5.11 Å². The van der Waals surface area contributed by atoms with E-state index >= 15 is 0 Å². The molecule has 1 aliphatic rings. The largest absolute Gasteiger partial charge is 0.396 e. The number of aliphatic hydroxyl groups excluding tert-OH is 1. The normalized spacial score (nSPS) is 19.5. The van der Waals surface area contributed by atoms with Crippen LogP contribution in [0.25, 0.3) is 0 Å². The number of benzene rings is 1. The van der Waals surface area contributed by atoms with Crippen molar-refractivity contribution >= 4 is 11.6 Å². The summed E-state index contributed by atoms with van der Waals surface area (Å²) < 4.78 is 26.3. The Kier molecular flexibility index (Phi) is 5.64. The van der Waals surface area contributed by atoms with Crippen molar-refractivity contribution < 1.29 is 18.7 Å². The van der Waals surface area contributed by atoms with Crippen LogP contribution in [0.5, 0.6) is 0 Å². The Labute approximate surface area is 122 Å². The molecule has 0 bridgehead atoms. The van der Waals surface area contributed by atoms with Gasteiger partial charge in [-0.2, -0.15) is 0 Å². The minimum Gasteiger partial charge on any atom is -0.396 e. The number of halogens is 2. The van der Waals surface area contributed by atoms with Gasteiger partial charge in [-0.05, 0) is 37.9 Å². The number of hydrogen-bond acceptors (Lipinski definition) is 3. The molecule has 1 amide bonds. The van der Waals surface area contributed by atoms with Crippen molar-refractivity contribution in [2.45, 2.75) is 31.7 Å². The minimum absolute atomic E-state index is 0.0166. The summed E-state index contributed by atoms with van der Waals surface area (Å²) in [6.07, 6.45) is 3.70. The van der Waals surface area contributed by atoms with Crippen LogP contribution in [-0.2, 0) is 4.79 Å². The van der Waals surface area contributed by atoms with Crippen LogP contribution in [0.1, 0.15) is 25.7 Å². The molecule has 2 N–H and O–H groups in total. The molecule has 6 heteroatoms. The number of piperidine rings is 1. The number of aliphatic hydroxyl groups is 1. The summed E-state index contributed by atoms with van der Waals surface area (Å²) in [5, 5.41) is 11.5. The molecule has 0 saturated carbocycles. The molecular weight excluding hydrogens is 278 g/mol. The highest BCUT2D eigenvalue weighted by Crippen LogP contribution is 2.20. The third-order valence-corrected chi connectivity index (χ3v) is 3.76. The highest BCUT2D eigenvalue weighted by molar-refractivity contribution is 5.92. The molecule has 1 aromatic carbocycles. The quantitative estimate of drug-likeness (QED) is 0.875. The molecule has 4 nitrogen and oxygen atoms in total. The van der Waals surface area contributed by atoms with Gasteiger partial charge in [0.05, 0.1) is 12.2 Å². The van der Waals surface area contributed by atoms with E-state index in [-0.39, 0.29) is 30.8 Å². The van der Waals surface area contributed by atoms with E-state index in [0.29, 0.717) is 6.42 Å². The maximum absolute atomic E-state index is 13.5. The molecule has 1 fully saturated rings. The number of carbonyl (C=O) groups excluding carboxylic acids is 1. The van der Waals surface area contributed by atoms with Crippen LogP contribution in [0.4, 0.5) is 14.5 Å². The predicted molar refractivity (Wildman–Crippen MR) is 75.9 cm³/mol. The van der Waals surface area contributed by atoms with Crippen molar-refractivity contribution in [2.24, 2.45) is 0 Å². The van der Waals surface area contributed by atoms with Gasteiger partial charge >= 0.3 is 0 Å². The average Bonchev–Trinajstić information content (AvgIpc) is 2.44. The van der Waals surface area contributed by atoms with Crippen molar-refractivity contribution in [3.05, 3.63) is 29.8 Å². The van der Waals surface area contributed by atoms with Gasteiger partial charge in [0.15, 0.2) is 0 Å². The van der Waals surface area contributed by atoms with Crippen molar-refractivity contribution in [3.8, 4) is 0 Å². The lowest BCUT2D eigenvalue weighted by molar-refractivity contribution is -0.118.